The van der Waals surface area contributed by atoms with Crippen LogP contribution in [-0.4, -0.2) is 24.5 Å². The van der Waals surface area contributed by atoms with Gasteiger partial charge in [0, 0.05) is 12.6 Å². The van der Waals surface area contributed by atoms with Crippen LogP contribution in [0.15, 0.2) is 24.3 Å². The van der Waals surface area contributed by atoms with E-state index in [9.17, 15) is 4.79 Å². The number of nitriles is 1. The molecule has 98 valence electrons. The Hall–Kier alpha value is -1.86. The van der Waals surface area contributed by atoms with E-state index >= 15 is 0 Å². The highest BCUT2D eigenvalue weighted by molar-refractivity contribution is 5.99. The molecule has 2 aliphatic rings. The monoisotopic (exact) mass is 255 g/mol. The maximum Gasteiger partial charge on any atom is 0.244 e. The molecule has 0 spiro atoms. The average Bonchev–Trinajstić information content (AvgIpc) is 3.25. The summed E-state index contributed by atoms with van der Waals surface area (Å²) in [6.45, 7) is 0.709. The number of benzene rings is 1. The van der Waals surface area contributed by atoms with Crippen LogP contribution in [0.1, 0.15) is 31.2 Å². The topological polar surface area (TPSA) is 56.1 Å². The second-order valence-corrected chi connectivity index (χ2v) is 5.25. The van der Waals surface area contributed by atoms with Crippen molar-refractivity contribution in [3.8, 4) is 6.07 Å². The molecule has 1 aliphatic carbocycles. The van der Waals surface area contributed by atoms with Gasteiger partial charge in [0.15, 0.2) is 0 Å². The molecule has 4 heteroatoms. The number of carbonyl (C=O) groups is 1. The lowest BCUT2D eigenvalue weighted by molar-refractivity contribution is -0.121. The van der Waals surface area contributed by atoms with Gasteiger partial charge in [-0.3, -0.25) is 4.79 Å². The summed E-state index contributed by atoms with van der Waals surface area (Å²) in [5, 5.41) is 12.6. The number of amides is 1. The quantitative estimate of drug-likeness (QED) is 0.896. The molecule has 19 heavy (non-hydrogen) atoms. The van der Waals surface area contributed by atoms with Gasteiger partial charge >= 0.3 is 0 Å². The minimum atomic E-state index is -0.0759. The maximum absolute atomic E-state index is 12.5. The number of nitrogens with zero attached hydrogens (tertiary/aromatic N) is 2. The smallest absolute Gasteiger partial charge is 0.244 e. The van der Waals surface area contributed by atoms with Gasteiger partial charge in [0.2, 0.25) is 5.91 Å². The Kier molecular flexibility index (Phi) is 3.22. The van der Waals surface area contributed by atoms with Crippen molar-refractivity contribution >= 4 is 11.6 Å². The fourth-order valence-electron chi connectivity index (χ4n) is 2.61. The lowest BCUT2D eigenvalue weighted by Gasteiger charge is -2.33. The number of rotatable bonds is 3. The van der Waals surface area contributed by atoms with Gasteiger partial charge in [-0.2, -0.15) is 5.26 Å². The SMILES string of the molecule is N#Cc1ccccc1N1CCCC(NC2CC2)C1=O. The Balaban J connectivity index is 1.83. The molecule has 0 radical (unpaired) electrons. The van der Waals surface area contributed by atoms with Crippen LogP contribution in [0.25, 0.3) is 0 Å². The Labute approximate surface area is 113 Å². The van der Waals surface area contributed by atoms with Crippen LogP contribution in [0.2, 0.25) is 0 Å². The third-order valence-corrected chi connectivity index (χ3v) is 3.77. The molecule has 1 aromatic carbocycles. The van der Waals surface area contributed by atoms with Gasteiger partial charge < -0.3 is 10.2 Å². The summed E-state index contributed by atoms with van der Waals surface area (Å²) in [6.07, 6.45) is 4.24. The normalized spacial score (nSPS) is 23.2. The molecule has 1 heterocycles. The molecule has 1 atom stereocenters. The van der Waals surface area contributed by atoms with Crippen molar-refractivity contribution < 1.29 is 4.79 Å². The summed E-state index contributed by atoms with van der Waals surface area (Å²) in [5.74, 6) is 0.112. The molecule has 1 amide bonds. The van der Waals surface area contributed by atoms with Crippen molar-refractivity contribution in [3.63, 3.8) is 0 Å². The maximum atomic E-state index is 12.5. The van der Waals surface area contributed by atoms with Gasteiger partial charge in [0.1, 0.15) is 6.07 Å². The fourth-order valence-corrected chi connectivity index (χ4v) is 2.61. The highest BCUT2D eigenvalue weighted by atomic mass is 16.2. The Morgan fingerprint density at radius 3 is 2.79 bits per heavy atom. The van der Waals surface area contributed by atoms with E-state index in [1.807, 2.05) is 18.2 Å². The zero-order chi connectivity index (χ0) is 13.2. The largest absolute Gasteiger partial charge is 0.310 e. The van der Waals surface area contributed by atoms with Crippen LogP contribution < -0.4 is 10.2 Å². The second-order valence-electron chi connectivity index (χ2n) is 5.25. The highest BCUT2D eigenvalue weighted by Crippen LogP contribution is 2.27. The Morgan fingerprint density at radius 1 is 1.26 bits per heavy atom. The van der Waals surface area contributed by atoms with Crippen LogP contribution in [0.4, 0.5) is 5.69 Å². The molecule has 1 aliphatic heterocycles. The molecular formula is C15H17N3O. The molecule has 1 unspecified atom stereocenters. The van der Waals surface area contributed by atoms with E-state index in [2.05, 4.69) is 11.4 Å². The van der Waals surface area contributed by atoms with Crippen molar-refractivity contribution in [2.45, 2.75) is 37.8 Å². The van der Waals surface area contributed by atoms with Crippen molar-refractivity contribution in [3.05, 3.63) is 29.8 Å². The van der Waals surface area contributed by atoms with E-state index in [0.29, 0.717) is 18.2 Å². The zero-order valence-corrected chi connectivity index (χ0v) is 10.8. The summed E-state index contributed by atoms with van der Waals surface area (Å²) >= 11 is 0. The van der Waals surface area contributed by atoms with E-state index < -0.39 is 0 Å². The van der Waals surface area contributed by atoms with Gasteiger partial charge in [-0.05, 0) is 37.8 Å². The van der Waals surface area contributed by atoms with Crippen LogP contribution in [0.5, 0.6) is 0 Å². The van der Waals surface area contributed by atoms with E-state index in [1.54, 1.807) is 11.0 Å². The third kappa shape index (κ3) is 2.47. The van der Waals surface area contributed by atoms with Crippen LogP contribution in [0.3, 0.4) is 0 Å². The van der Waals surface area contributed by atoms with E-state index in [1.165, 1.54) is 12.8 Å². The molecule has 0 aromatic heterocycles. The molecule has 1 saturated heterocycles. The first kappa shape index (κ1) is 12.2. The first-order valence-corrected chi connectivity index (χ1v) is 6.86. The van der Waals surface area contributed by atoms with E-state index in [4.69, 9.17) is 5.26 Å². The Morgan fingerprint density at radius 2 is 2.05 bits per heavy atom. The molecular weight excluding hydrogens is 238 g/mol. The Bertz CT molecular complexity index is 530. The predicted octanol–water partition coefficient (Wildman–Crippen LogP) is 1.81. The van der Waals surface area contributed by atoms with Gasteiger partial charge in [0.05, 0.1) is 17.3 Å². The summed E-state index contributed by atoms with van der Waals surface area (Å²) < 4.78 is 0. The summed E-state index contributed by atoms with van der Waals surface area (Å²) in [5.41, 5.74) is 1.32. The number of hydrogen-bond donors (Lipinski definition) is 1. The predicted molar refractivity (Wildman–Crippen MR) is 72.7 cm³/mol. The lowest BCUT2D eigenvalue weighted by Crippen LogP contribution is -2.51. The lowest BCUT2D eigenvalue weighted by atomic mass is 10.0. The number of para-hydroxylation sites is 1. The molecule has 3 rings (SSSR count). The number of nitrogens with one attached hydrogen (secondary N) is 1. The number of hydrogen-bond acceptors (Lipinski definition) is 3. The molecule has 1 aromatic rings. The van der Waals surface area contributed by atoms with E-state index in [0.717, 1.165) is 18.5 Å². The average molecular weight is 255 g/mol. The number of anilines is 1. The van der Waals surface area contributed by atoms with Gasteiger partial charge in [0.25, 0.3) is 0 Å². The van der Waals surface area contributed by atoms with Crippen LogP contribution >= 0.6 is 0 Å². The first-order valence-electron chi connectivity index (χ1n) is 6.86. The summed E-state index contributed by atoms with van der Waals surface area (Å²) in [4.78, 5) is 14.3. The molecule has 2 fully saturated rings. The number of carbonyl (C=O) groups excluding carboxylic acids is 1. The minimum absolute atomic E-state index is 0.0759. The third-order valence-electron chi connectivity index (χ3n) is 3.77. The summed E-state index contributed by atoms with van der Waals surface area (Å²) in [7, 11) is 0. The van der Waals surface area contributed by atoms with Crippen molar-refractivity contribution in [2.24, 2.45) is 0 Å². The van der Waals surface area contributed by atoms with E-state index in [-0.39, 0.29) is 11.9 Å². The van der Waals surface area contributed by atoms with Gasteiger partial charge in [-0.25, -0.2) is 0 Å². The highest BCUT2D eigenvalue weighted by Gasteiger charge is 2.34. The van der Waals surface area contributed by atoms with Crippen molar-refractivity contribution in [2.75, 3.05) is 11.4 Å². The van der Waals surface area contributed by atoms with Crippen LogP contribution in [0, 0.1) is 11.3 Å². The zero-order valence-electron chi connectivity index (χ0n) is 10.8. The van der Waals surface area contributed by atoms with Crippen molar-refractivity contribution in [1.82, 2.24) is 5.32 Å². The van der Waals surface area contributed by atoms with Crippen LogP contribution in [-0.2, 0) is 4.79 Å². The first-order chi connectivity index (χ1) is 9.29. The summed E-state index contributed by atoms with van der Waals surface area (Å²) in [6, 6.07) is 9.95. The second kappa shape index (κ2) is 5.02. The molecule has 0 bridgehead atoms. The minimum Gasteiger partial charge on any atom is -0.310 e. The van der Waals surface area contributed by atoms with Gasteiger partial charge in [-0.1, -0.05) is 12.1 Å². The van der Waals surface area contributed by atoms with Gasteiger partial charge in [-0.15, -0.1) is 0 Å². The molecule has 1 saturated carbocycles. The standard InChI is InChI=1S/C15H17N3O/c16-10-11-4-1-2-6-14(11)18-9-3-5-13(15(18)19)17-12-7-8-12/h1-2,4,6,12-13,17H,3,5,7-9H2. The van der Waals surface area contributed by atoms with Crippen molar-refractivity contribution in [1.29, 1.82) is 5.26 Å². The molecule has 4 nitrogen and oxygen atoms in total. The number of piperidine rings is 1. The molecule has 1 N–H and O–H groups in total. The fraction of sp³-hybridized carbons (Fsp3) is 0.467.